The van der Waals surface area contributed by atoms with E-state index in [-0.39, 0.29) is 11.5 Å². The minimum atomic E-state index is -4.29. The highest BCUT2D eigenvalue weighted by Crippen LogP contribution is 2.68. The van der Waals surface area contributed by atoms with Gasteiger partial charge in [0.25, 0.3) is 0 Å². The summed E-state index contributed by atoms with van der Waals surface area (Å²) in [5.74, 6) is -4.95. The van der Waals surface area contributed by atoms with E-state index in [0.717, 1.165) is 5.56 Å². The topological polar surface area (TPSA) is 71.1 Å². The third-order valence-electron chi connectivity index (χ3n) is 7.62. The van der Waals surface area contributed by atoms with E-state index in [2.05, 4.69) is 0 Å². The predicted molar refractivity (Wildman–Crippen MR) is 119 cm³/mol. The first-order valence-corrected chi connectivity index (χ1v) is 12.7. The Balaban J connectivity index is 1.66. The summed E-state index contributed by atoms with van der Waals surface area (Å²) in [5.41, 5.74) is -4.96. The summed E-state index contributed by atoms with van der Waals surface area (Å²) in [7, 11) is -4.29. The standard InChI is InChI=1S/C25H28F2O6S/c1-21(2)31-16-24(33-21)23(4)22(3,30-15-17-11-7-5-8-12-17)20(19(32-23)25(24,26)27)34(28,29)18-13-9-6-10-14-18/h5-14,19-20H,15-16H2,1-4H3/t19-,20+,22-,23+,24+/m1/s1. The predicted octanol–water partition coefficient (Wildman–Crippen LogP) is 4.13. The first-order valence-electron chi connectivity index (χ1n) is 11.2. The van der Waals surface area contributed by atoms with Gasteiger partial charge < -0.3 is 18.9 Å². The Morgan fingerprint density at radius 2 is 1.56 bits per heavy atom. The normalized spacial score (nSPS) is 37.9. The number of rotatable bonds is 5. The Kier molecular flexibility index (Phi) is 5.11. The molecule has 3 saturated heterocycles. The molecule has 3 aliphatic rings. The quantitative estimate of drug-likeness (QED) is 0.623. The minimum Gasteiger partial charge on any atom is -0.366 e. The Hall–Kier alpha value is -1.91. The van der Waals surface area contributed by atoms with Gasteiger partial charge in [-0.05, 0) is 45.4 Å². The van der Waals surface area contributed by atoms with Crippen LogP contribution in [0, 0.1) is 0 Å². The van der Waals surface area contributed by atoms with Crippen LogP contribution in [0.1, 0.15) is 33.3 Å². The molecule has 0 aromatic heterocycles. The van der Waals surface area contributed by atoms with Crippen molar-refractivity contribution in [2.75, 3.05) is 6.61 Å². The summed E-state index contributed by atoms with van der Waals surface area (Å²) >= 11 is 0. The number of alkyl halides is 2. The van der Waals surface area contributed by atoms with E-state index in [0.29, 0.717) is 0 Å². The number of hydrogen-bond acceptors (Lipinski definition) is 6. The summed E-state index contributed by atoms with van der Waals surface area (Å²) < 4.78 is 83.8. The van der Waals surface area contributed by atoms with Gasteiger partial charge in [-0.1, -0.05) is 48.5 Å². The van der Waals surface area contributed by atoms with Gasteiger partial charge in [-0.25, -0.2) is 17.2 Å². The molecule has 184 valence electrons. The Bertz CT molecular complexity index is 1190. The van der Waals surface area contributed by atoms with Crippen LogP contribution in [0.25, 0.3) is 0 Å². The molecule has 5 rings (SSSR count). The van der Waals surface area contributed by atoms with Gasteiger partial charge in [0.15, 0.2) is 21.2 Å². The fraction of sp³-hybridized carbons (Fsp3) is 0.520. The van der Waals surface area contributed by atoms with E-state index in [1.54, 1.807) is 32.0 Å². The lowest BCUT2D eigenvalue weighted by Crippen LogP contribution is -2.77. The van der Waals surface area contributed by atoms with Crippen molar-refractivity contribution in [1.82, 2.24) is 0 Å². The summed E-state index contributed by atoms with van der Waals surface area (Å²) in [6, 6.07) is 16.7. The average Bonchev–Trinajstić information content (AvgIpc) is 3.32. The van der Waals surface area contributed by atoms with Crippen molar-refractivity contribution >= 4 is 9.84 Å². The molecule has 0 aliphatic carbocycles. The van der Waals surface area contributed by atoms with Gasteiger partial charge in [0.05, 0.1) is 18.1 Å². The molecule has 9 heteroatoms. The molecule has 0 saturated carbocycles. The van der Waals surface area contributed by atoms with E-state index in [1.807, 2.05) is 30.3 Å². The zero-order valence-corrected chi connectivity index (χ0v) is 20.3. The first kappa shape index (κ1) is 23.8. The molecular formula is C25H28F2O6S. The number of hydrogen-bond donors (Lipinski definition) is 0. The van der Waals surface area contributed by atoms with Crippen molar-refractivity contribution in [3.8, 4) is 0 Å². The lowest BCUT2D eigenvalue weighted by atomic mass is 9.64. The minimum absolute atomic E-state index is 0.00964. The molecule has 3 aliphatic heterocycles. The molecule has 0 unspecified atom stereocenters. The fourth-order valence-electron chi connectivity index (χ4n) is 5.70. The van der Waals surface area contributed by atoms with Gasteiger partial charge >= 0.3 is 5.92 Å². The van der Waals surface area contributed by atoms with Crippen LogP contribution in [-0.4, -0.2) is 54.9 Å². The third-order valence-corrected chi connectivity index (χ3v) is 9.92. The first-order chi connectivity index (χ1) is 15.8. The SMILES string of the molecule is CC1(C)OC[C@@]2(O1)C(F)(F)[C@@H]1O[C@@]2(C)[C@](C)(OCc2ccccc2)[C@H]1S(=O)(=O)c1ccccc1. The van der Waals surface area contributed by atoms with Crippen LogP contribution >= 0.6 is 0 Å². The maximum absolute atomic E-state index is 16.1. The van der Waals surface area contributed by atoms with Crippen LogP contribution in [0.3, 0.4) is 0 Å². The second-order valence-corrected chi connectivity index (χ2v) is 12.0. The van der Waals surface area contributed by atoms with Crippen molar-refractivity contribution in [1.29, 1.82) is 0 Å². The number of benzene rings is 2. The zero-order valence-electron chi connectivity index (χ0n) is 19.5. The second kappa shape index (κ2) is 7.30. The summed E-state index contributed by atoms with van der Waals surface area (Å²) in [5, 5.41) is -1.68. The van der Waals surface area contributed by atoms with E-state index < -0.39 is 56.3 Å². The number of halogens is 2. The van der Waals surface area contributed by atoms with Gasteiger partial charge in [0, 0.05) is 0 Å². The monoisotopic (exact) mass is 494 g/mol. The van der Waals surface area contributed by atoms with E-state index >= 15 is 8.78 Å². The number of sulfone groups is 1. The van der Waals surface area contributed by atoms with Gasteiger partial charge in [-0.2, -0.15) is 0 Å². The van der Waals surface area contributed by atoms with Gasteiger partial charge in [0.1, 0.15) is 22.6 Å². The molecule has 1 spiro atoms. The number of ether oxygens (including phenoxy) is 4. The van der Waals surface area contributed by atoms with Crippen LogP contribution < -0.4 is 0 Å². The van der Waals surface area contributed by atoms with Crippen LogP contribution in [0.4, 0.5) is 8.78 Å². The zero-order chi connectivity index (χ0) is 24.6. The third kappa shape index (κ3) is 2.94. The molecule has 2 bridgehead atoms. The largest absolute Gasteiger partial charge is 0.366 e. The van der Waals surface area contributed by atoms with Crippen molar-refractivity contribution in [3.05, 3.63) is 66.2 Å². The van der Waals surface area contributed by atoms with Gasteiger partial charge in [-0.3, -0.25) is 0 Å². The number of fused-ring (bicyclic) bond motifs is 3. The summed E-state index contributed by atoms with van der Waals surface area (Å²) in [4.78, 5) is -0.0666. The Morgan fingerprint density at radius 3 is 2.12 bits per heavy atom. The van der Waals surface area contributed by atoms with Crippen molar-refractivity contribution < 1.29 is 36.1 Å². The Morgan fingerprint density at radius 1 is 0.971 bits per heavy atom. The van der Waals surface area contributed by atoms with E-state index in [4.69, 9.17) is 18.9 Å². The molecule has 0 amide bonds. The van der Waals surface area contributed by atoms with Crippen molar-refractivity contribution in [3.63, 3.8) is 0 Å². The molecule has 34 heavy (non-hydrogen) atoms. The van der Waals surface area contributed by atoms with Crippen LogP contribution in [0.2, 0.25) is 0 Å². The van der Waals surface area contributed by atoms with Crippen LogP contribution in [0.5, 0.6) is 0 Å². The van der Waals surface area contributed by atoms with Crippen LogP contribution in [-0.2, 0) is 35.4 Å². The molecule has 3 fully saturated rings. The molecule has 3 heterocycles. The van der Waals surface area contributed by atoms with E-state index in [1.165, 1.54) is 26.0 Å². The van der Waals surface area contributed by atoms with Gasteiger partial charge in [0.2, 0.25) is 0 Å². The molecule has 0 N–H and O–H groups in total. The smallest absolute Gasteiger partial charge is 0.308 e. The second-order valence-electron chi connectivity index (χ2n) is 9.97. The fourth-order valence-corrected chi connectivity index (χ4v) is 7.96. The molecule has 0 radical (unpaired) electrons. The highest BCUT2D eigenvalue weighted by molar-refractivity contribution is 7.92. The molecule has 6 nitrogen and oxygen atoms in total. The lowest BCUT2D eigenvalue weighted by molar-refractivity contribution is -0.282. The molecule has 2 aromatic carbocycles. The summed E-state index contributed by atoms with van der Waals surface area (Å²) in [6.07, 6.45) is -1.99. The highest BCUT2D eigenvalue weighted by atomic mass is 32.2. The maximum Gasteiger partial charge on any atom is 0.308 e. The highest BCUT2D eigenvalue weighted by Gasteiger charge is 2.91. The summed E-state index contributed by atoms with van der Waals surface area (Å²) in [6.45, 7) is 5.64. The lowest BCUT2D eigenvalue weighted by Gasteiger charge is -2.53. The van der Waals surface area contributed by atoms with Crippen LogP contribution in [0.15, 0.2) is 65.6 Å². The maximum atomic E-state index is 16.1. The van der Waals surface area contributed by atoms with Crippen molar-refractivity contribution in [2.45, 2.75) is 79.1 Å². The van der Waals surface area contributed by atoms with Crippen molar-refractivity contribution in [2.24, 2.45) is 0 Å². The molecule has 5 atom stereocenters. The van der Waals surface area contributed by atoms with E-state index in [9.17, 15) is 8.42 Å². The van der Waals surface area contributed by atoms with Gasteiger partial charge in [-0.15, -0.1) is 0 Å². The molecular weight excluding hydrogens is 466 g/mol. The molecule has 2 aromatic rings. The Labute approximate surface area is 198 Å². The average molecular weight is 495 g/mol.